The number of ether oxygens (including phenoxy) is 2. The molecule has 1 aliphatic heterocycles. The van der Waals surface area contributed by atoms with Crippen LogP contribution in [-0.4, -0.2) is 54.2 Å². The number of hydrogen-bond acceptors (Lipinski definition) is 7. The van der Waals surface area contributed by atoms with Gasteiger partial charge in [-0.1, -0.05) is 42.5 Å². The Labute approximate surface area is 206 Å². The summed E-state index contributed by atoms with van der Waals surface area (Å²) >= 11 is 0. The fourth-order valence-electron chi connectivity index (χ4n) is 3.62. The maximum absolute atomic E-state index is 13.1. The Morgan fingerprint density at radius 2 is 1.74 bits per heavy atom. The summed E-state index contributed by atoms with van der Waals surface area (Å²) < 4.78 is 10.9. The fraction of sp³-hybridized carbons (Fsp3) is 0.538. The minimum Gasteiger partial charge on any atom is -0.463 e. The molecule has 1 heterocycles. The molecule has 0 fully saturated rings. The van der Waals surface area contributed by atoms with Crippen molar-refractivity contribution in [2.24, 2.45) is 11.8 Å². The highest BCUT2D eigenvalue weighted by Gasteiger charge is 2.29. The Morgan fingerprint density at radius 3 is 2.37 bits per heavy atom. The van der Waals surface area contributed by atoms with E-state index in [1.807, 2.05) is 30.3 Å². The van der Waals surface area contributed by atoms with Crippen molar-refractivity contribution in [1.82, 2.24) is 10.6 Å². The minimum atomic E-state index is -0.737. The van der Waals surface area contributed by atoms with E-state index in [0.29, 0.717) is 0 Å². The summed E-state index contributed by atoms with van der Waals surface area (Å²) in [6, 6.07) is 8.46. The SMILES string of the molecule is CC(C)(C)OC(=O)C[C@H]1C/C=C\C[C@H](CC(=O)NCCO)C(=O)N[C@@H](c2ccccc2)COC1=O. The Balaban J connectivity index is 2.24. The number of esters is 2. The maximum Gasteiger partial charge on any atom is 0.309 e. The first-order valence-electron chi connectivity index (χ1n) is 11.9. The van der Waals surface area contributed by atoms with Crippen LogP contribution in [-0.2, 0) is 28.7 Å². The third-order valence-corrected chi connectivity index (χ3v) is 5.32. The molecule has 3 atom stereocenters. The first-order chi connectivity index (χ1) is 16.6. The van der Waals surface area contributed by atoms with E-state index in [-0.39, 0.29) is 57.3 Å². The lowest BCUT2D eigenvalue weighted by molar-refractivity contribution is -0.161. The van der Waals surface area contributed by atoms with Crippen LogP contribution in [0.5, 0.6) is 0 Å². The molecule has 3 N–H and O–H groups in total. The van der Waals surface area contributed by atoms with Crippen molar-refractivity contribution in [3.05, 3.63) is 48.0 Å². The second-order valence-electron chi connectivity index (χ2n) is 9.51. The van der Waals surface area contributed by atoms with Crippen molar-refractivity contribution >= 4 is 23.8 Å². The van der Waals surface area contributed by atoms with Crippen LogP contribution in [0.2, 0.25) is 0 Å². The summed E-state index contributed by atoms with van der Waals surface area (Å²) in [5, 5.41) is 14.4. The van der Waals surface area contributed by atoms with Crippen LogP contribution >= 0.6 is 0 Å². The number of carbonyl (C=O) groups excluding carboxylic acids is 4. The first kappa shape index (κ1) is 28.0. The number of benzene rings is 1. The second-order valence-corrected chi connectivity index (χ2v) is 9.51. The zero-order valence-electron chi connectivity index (χ0n) is 20.6. The second kappa shape index (κ2) is 13.6. The summed E-state index contributed by atoms with van der Waals surface area (Å²) in [5.41, 5.74) is 0.0720. The molecule has 0 spiro atoms. The van der Waals surface area contributed by atoms with E-state index < -0.39 is 35.4 Å². The van der Waals surface area contributed by atoms with Gasteiger partial charge in [0.2, 0.25) is 11.8 Å². The number of carbonyl (C=O) groups is 4. The summed E-state index contributed by atoms with van der Waals surface area (Å²) in [4.78, 5) is 50.5. The Bertz CT molecular complexity index is 893. The minimum absolute atomic E-state index is 0.0567. The van der Waals surface area contributed by atoms with Crippen molar-refractivity contribution in [2.75, 3.05) is 19.8 Å². The number of allylic oxidation sites excluding steroid dienone is 2. The van der Waals surface area contributed by atoms with Crippen molar-refractivity contribution in [2.45, 2.75) is 58.1 Å². The van der Waals surface area contributed by atoms with Crippen LogP contribution < -0.4 is 10.6 Å². The average Bonchev–Trinajstić information content (AvgIpc) is 2.79. The van der Waals surface area contributed by atoms with Crippen molar-refractivity contribution in [3.8, 4) is 0 Å². The van der Waals surface area contributed by atoms with Crippen LogP contribution in [0.4, 0.5) is 0 Å². The highest BCUT2D eigenvalue weighted by molar-refractivity contribution is 5.86. The quantitative estimate of drug-likeness (QED) is 0.396. The van der Waals surface area contributed by atoms with Gasteiger partial charge in [-0.15, -0.1) is 0 Å². The normalized spacial score (nSPS) is 22.6. The summed E-state index contributed by atoms with van der Waals surface area (Å²) in [7, 11) is 0. The number of amides is 2. The first-order valence-corrected chi connectivity index (χ1v) is 11.9. The lowest BCUT2D eigenvalue weighted by Crippen LogP contribution is -2.39. The molecule has 9 heteroatoms. The molecule has 0 unspecified atom stereocenters. The van der Waals surface area contributed by atoms with Gasteiger partial charge in [-0.25, -0.2) is 0 Å². The molecule has 1 aromatic rings. The highest BCUT2D eigenvalue weighted by Crippen LogP contribution is 2.22. The topological polar surface area (TPSA) is 131 Å². The van der Waals surface area contributed by atoms with E-state index in [1.54, 1.807) is 32.9 Å². The Hall–Kier alpha value is -3.20. The molecule has 2 rings (SSSR count). The molecule has 0 aliphatic carbocycles. The molecule has 192 valence electrons. The van der Waals surface area contributed by atoms with Gasteiger partial charge in [-0.2, -0.15) is 0 Å². The Morgan fingerprint density at radius 1 is 1.09 bits per heavy atom. The molecular formula is C26H36N2O7. The van der Waals surface area contributed by atoms with Gasteiger partial charge in [0.15, 0.2) is 0 Å². The molecule has 0 bridgehead atoms. The van der Waals surface area contributed by atoms with Crippen molar-refractivity contribution in [1.29, 1.82) is 0 Å². The fourth-order valence-corrected chi connectivity index (χ4v) is 3.62. The number of cyclic esters (lactones) is 1. The van der Waals surface area contributed by atoms with Gasteiger partial charge in [0.05, 0.1) is 30.9 Å². The number of nitrogens with one attached hydrogen (secondary N) is 2. The molecule has 0 radical (unpaired) electrons. The summed E-state index contributed by atoms with van der Waals surface area (Å²) in [6.07, 6.45) is 3.78. The molecule has 2 amide bonds. The number of aliphatic hydroxyl groups is 1. The third-order valence-electron chi connectivity index (χ3n) is 5.32. The standard InChI is InChI=1S/C26H36N2O7/c1-26(2,3)35-23(31)16-20-12-8-7-11-19(15-22(30)27-13-14-29)24(32)28-21(17-34-25(20)33)18-9-5-4-6-10-18/h4-10,19-21,29H,11-17H2,1-3H3,(H,27,30)(H,28,32)/b8-7-/t19-,20-,21-/m1/s1. The number of hydrogen-bond donors (Lipinski definition) is 3. The molecule has 0 aromatic heterocycles. The van der Waals surface area contributed by atoms with Gasteiger partial charge in [-0.05, 0) is 39.2 Å². The average molecular weight is 489 g/mol. The zero-order chi connectivity index (χ0) is 25.8. The predicted molar refractivity (Wildman–Crippen MR) is 129 cm³/mol. The van der Waals surface area contributed by atoms with E-state index in [9.17, 15) is 19.2 Å². The van der Waals surface area contributed by atoms with E-state index in [1.165, 1.54) is 0 Å². The third kappa shape index (κ3) is 10.3. The predicted octanol–water partition coefficient (Wildman–Crippen LogP) is 2.20. The van der Waals surface area contributed by atoms with E-state index >= 15 is 0 Å². The smallest absolute Gasteiger partial charge is 0.309 e. The Kier molecular flexibility index (Phi) is 10.9. The molecular weight excluding hydrogens is 452 g/mol. The number of aliphatic hydroxyl groups excluding tert-OH is 1. The molecule has 0 saturated heterocycles. The molecule has 1 aliphatic rings. The van der Waals surface area contributed by atoms with E-state index in [0.717, 1.165) is 5.56 Å². The molecule has 9 nitrogen and oxygen atoms in total. The summed E-state index contributed by atoms with van der Waals surface area (Å²) in [5.74, 6) is -3.12. The van der Waals surface area contributed by atoms with Crippen LogP contribution in [0.1, 0.15) is 58.1 Å². The zero-order valence-corrected chi connectivity index (χ0v) is 20.6. The summed E-state index contributed by atoms with van der Waals surface area (Å²) in [6.45, 7) is 5.07. The molecule has 0 saturated carbocycles. The van der Waals surface area contributed by atoms with Gasteiger partial charge >= 0.3 is 11.9 Å². The van der Waals surface area contributed by atoms with Gasteiger partial charge in [-0.3, -0.25) is 19.2 Å². The largest absolute Gasteiger partial charge is 0.463 e. The van der Waals surface area contributed by atoms with E-state index in [4.69, 9.17) is 14.6 Å². The van der Waals surface area contributed by atoms with Crippen molar-refractivity contribution in [3.63, 3.8) is 0 Å². The lowest BCUT2D eigenvalue weighted by atomic mass is 9.96. The van der Waals surface area contributed by atoms with Crippen LogP contribution in [0.15, 0.2) is 42.5 Å². The van der Waals surface area contributed by atoms with Crippen LogP contribution in [0.25, 0.3) is 0 Å². The van der Waals surface area contributed by atoms with Gasteiger partial charge < -0.3 is 25.2 Å². The van der Waals surface area contributed by atoms with Gasteiger partial charge in [0.25, 0.3) is 0 Å². The van der Waals surface area contributed by atoms with Crippen LogP contribution in [0, 0.1) is 11.8 Å². The van der Waals surface area contributed by atoms with E-state index in [2.05, 4.69) is 10.6 Å². The monoisotopic (exact) mass is 488 g/mol. The highest BCUT2D eigenvalue weighted by atomic mass is 16.6. The van der Waals surface area contributed by atoms with Crippen molar-refractivity contribution < 1.29 is 33.8 Å². The number of rotatable bonds is 7. The van der Waals surface area contributed by atoms with Gasteiger partial charge in [0, 0.05) is 13.0 Å². The van der Waals surface area contributed by atoms with Gasteiger partial charge in [0.1, 0.15) is 12.2 Å². The van der Waals surface area contributed by atoms with Crippen LogP contribution in [0.3, 0.4) is 0 Å². The molecule has 1 aromatic carbocycles. The molecule has 35 heavy (non-hydrogen) atoms. The lowest BCUT2D eigenvalue weighted by Gasteiger charge is -2.25. The maximum atomic E-state index is 13.1.